The van der Waals surface area contributed by atoms with Crippen molar-refractivity contribution in [3.63, 3.8) is 0 Å². The molecule has 0 aliphatic carbocycles. The number of rotatable bonds is 6. The van der Waals surface area contributed by atoms with E-state index >= 15 is 0 Å². The highest BCUT2D eigenvalue weighted by Crippen LogP contribution is 2.37. The number of nitrogens with one attached hydrogen (secondary N) is 2. The molecular weight excluding hydrogens is 364 g/mol. The molecule has 0 aliphatic rings. The molecule has 27 heavy (non-hydrogen) atoms. The second-order valence-corrected chi connectivity index (χ2v) is 6.43. The number of nitrogens with zero attached hydrogens (tertiary/aromatic N) is 2. The maximum atomic E-state index is 6.17. The van der Waals surface area contributed by atoms with E-state index in [0.29, 0.717) is 34.0 Å². The number of methoxy groups -OCH3 is 2. The predicted octanol–water partition coefficient (Wildman–Crippen LogP) is 5.25. The van der Waals surface area contributed by atoms with Crippen LogP contribution in [0.5, 0.6) is 11.5 Å². The smallest absolute Gasteiger partial charge is 0.229 e. The maximum Gasteiger partial charge on any atom is 0.229 e. The van der Waals surface area contributed by atoms with E-state index in [9.17, 15) is 0 Å². The largest absolute Gasteiger partial charge is 0.495 e. The topological polar surface area (TPSA) is 68.3 Å². The standard InChI is InChI=1S/C20H21ClN4O2/c1-12-5-7-14(8-6-12)23-20-22-13(2)9-19(25-20)24-16-11-17(26-3)15(21)10-18(16)27-4/h5-11H,1-4H3,(H2,22,23,24,25). The average molecular weight is 385 g/mol. The zero-order valence-electron chi connectivity index (χ0n) is 15.6. The van der Waals surface area contributed by atoms with Crippen LogP contribution in [0.4, 0.5) is 23.1 Å². The minimum atomic E-state index is 0.473. The van der Waals surface area contributed by atoms with Crippen molar-refractivity contribution in [3.8, 4) is 11.5 Å². The van der Waals surface area contributed by atoms with Crippen molar-refractivity contribution in [2.24, 2.45) is 0 Å². The number of anilines is 4. The Hall–Kier alpha value is -2.99. The first kappa shape index (κ1) is 18.8. The van der Waals surface area contributed by atoms with Crippen LogP contribution in [0.15, 0.2) is 42.5 Å². The molecule has 1 heterocycles. The predicted molar refractivity (Wildman–Crippen MR) is 109 cm³/mol. The number of aryl methyl sites for hydroxylation is 2. The van der Waals surface area contributed by atoms with E-state index in [1.54, 1.807) is 26.4 Å². The summed E-state index contributed by atoms with van der Waals surface area (Å²) in [5, 5.41) is 6.94. The summed E-state index contributed by atoms with van der Waals surface area (Å²) in [7, 11) is 3.15. The molecule has 3 aromatic rings. The highest BCUT2D eigenvalue weighted by molar-refractivity contribution is 6.32. The van der Waals surface area contributed by atoms with Crippen molar-refractivity contribution in [1.29, 1.82) is 0 Å². The molecule has 0 saturated heterocycles. The number of aromatic nitrogens is 2. The Morgan fingerprint density at radius 1 is 0.852 bits per heavy atom. The van der Waals surface area contributed by atoms with E-state index in [1.807, 2.05) is 44.2 Å². The number of hydrogen-bond acceptors (Lipinski definition) is 6. The monoisotopic (exact) mass is 384 g/mol. The molecular formula is C20H21ClN4O2. The SMILES string of the molecule is COc1cc(Nc2cc(C)nc(Nc3ccc(C)cc3)n2)c(OC)cc1Cl. The van der Waals surface area contributed by atoms with Gasteiger partial charge < -0.3 is 20.1 Å². The van der Waals surface area contributed by atoms with Gasteiger partial charge in [0, 0.05) is 29.6 Å². The molecule has 2 aromatic carbocycles. The lowest BCUT2D eigenvalue weighted by Gasteiger charge is -2.14. The van der Waals surface area contributed by atoms with E-state index in [0.717, 1.165) is 11.4 Å². The molecule has 0 fully saturated rings. The first-order valence-corrected chi connectivity index (χ1v) is 8.74. The van der Waals surface area contributed by atoms with Crippen LogP contribution in [-0.2, 0) is 0 Å². The van der Waals surface area contributed by atoms with E-state index in [2.05, 4.69) is 20.6 Å². The second-order valence-electron chi connectivity index (χ2n) is 6.02. The molecule has 6 nitrogen and oxygen atoms in total. The third kappa shape index (κ3) is 4.60. The Labute approximate surface area is 163 Å². The fraction of sp³-hybridized carbons (Fsp3) is 0.200. The summed E-state index contributed by atoms with van der Waals surface area (Å²) in [6.45, 7) is 3.95. The van der Waals surface area contributed by atoms with Crippen LogP contribution in [0.2, 0.25) is 5.02 Å². The van der Waals surface area contributed by atoms with Gasteiger partial charge in [-0.05, 0) is 26.0 Å². The first-order valence-electron chi connectivity index (χ1n) is 8.36. The van der Waals surface area contributed by atoms with Gasteiger partial charge in [0.05, 0.1) is 24.9 Å². The summed E-state index contributed by atoms with van der Waals surface area (Å²) >= 11 is 6.17. The van der Waals surface area contributed by atoms with E-state index in [4.69, 9.17) is 21.1 Å². The normalized spacial score (nSPS) is 10.4. The van der Waals surface area contributed by atoms with Crippen molar-refractivity contribution in [2.75, 3.05) is 24.9 Å². The highest BCUT2D eigenvalue weighted by atomic mass is 35.5. The molecule has 2 N–H and O–H groups in total. The first-order chi connectivity index (χ1) is 13.0. The van der Waals surface area contributed by atoms with Gasteiger partial charge in [-0.2, -0.15) is 4.98 Å². The number of benzene rings is 2. The summed E-state index contributed by atoms with van der Waals surface area (Å²) in [6.07, 6.45) is 0. The Kier molecular flexibility index (Phi) is 5.66. The van der Waals surface area contributed by atoms with E-state index in [-0.39, 0.29) is 0 Å². The molecule has 0 amide bonds. The number of halogens is 1. The summed E-state index contributed by atoms with van der Waals surface area (Å²) in [5.41, 5.74) is 3.62. The number of hydrogen-bond donors (Lipinski definition) is 2. The Bertz CT molecular complexity index is 945. The van der Waals surface area contributed by atoms with Gasteiger partial charge in [-0.25, -0.2) is 4.98 Å². The van der Waals surface area contributed by atoms with Crippen LogP contribution in [0.3, 0.4) is 0 Å². The molecule has 0 spiro atoms. The van der Waals surface area contributed by atoms with E-state index in [1.165, 1.54) is 5.56 Å². The summed E-state index contributed by atoms with van der Waals surface area (Å²) in [4.78, 5) is 8.98. The van der Waals surface area contributed by atoms with Crippen molar-refractivity contribution in [3.05, 3.63) is 58.7 Å². The summed E-state index contributed by atoms with van der Waals surface area (Å²) < 4.78 is 10.7. The maximum absolute atomic E-state index is 6.17. The van der Waals surface area contributed by atoms with Gasteiger partial charge in [0.15, 0.2) is 0 Å². The van der Waals surface area contributed by atoms with Gasteiger partial charge >= 0.3 is 0 Å². The van der Waals surface area contributed by atoms with Crippen LogP contribution < -0.4 is 20.1 Å². The second kappa shape index (κ2) is 8.14. The fourth-order valence-electron chi connectivity index (χ4n) is 2.55. The Morgan fingerprint density at radius 3 is 2.22 bits per heavy atom. The average Bonchev–Trinajstić information content (AvgIpc) is 2.64. The molecule has 0 saturated carbocycles. The molecule has 1 aromatic heterocycles. The van der Waals surface area contributed by atoms with Crippen LogP contribution >= 0.6 is 11.6 Å². The van der Waals surface area contributed by atoms with Crippen molar-refractivity contribution in [2.45, 2.75) is 13.8 Å². The lowest BCUT2D eigenvalue weighted by atomic mass is 10.2. The van der Waals surface area contributed by atoms with Crippen LogP contribution in [0, 0.1) is 13.8 Å². The minimum Gasteiger partial charge on any atom is -0.495 e. The molecule has 3 rings (SSSR count). The zero-order chi connectivity index (χ0) is 19.4. The van der Waals surface area contributed by atoms with Crippen molar-refractivity contribution >= 4 is 34.7 Å². The summed E-state index contributed by atoms with van der Waals surface area (Å²) in [6, 6.07) is 13.3. The Balaban J connectivity index is 1.89. The van der Waals surface area contributed by atoms with Gasteiger partial charge in [-0.15, -0.1) is 0 Å². The van der Waals surface area contributed by atoms with Crippen LogP contribution in [-0.4, -0.2) is 24.2 Å². The third-order valence-electron chi connectivity index (χ3n) is 3.90. The molecule has 0 unspecified atom stereocenters. The molecule has 0 atom stereocenters. The number of ether oxygens (including phenoxy) is 2. The summed E-state index contributed by atoms with van der Waals surface area (Å²) in [5.74, 6) is 2.26. The van der Waals surface area contributed by atoms with Gasteiger partial charge in [-0.3, -0.25) is 0 Å². The third-order valence-corrected chi connectivity index (χ3v) is 4.19. The molecule has 7 heteroatoms. The van der Waals surface area contributed by atoms with Crippen molar-refractivity contribution in [1.82, 2.24) is 9.97 Å². The molecule has 0 radical (unpaired) electrons. The highest BCUT2D eigenvalue weighted by Gasteiger charge is 2.12. The minimum absolute atomic E-state index is 0.473. The zero-order valence-corrected chi connectivity index (χ0v) is 16.4. The molecule has 140 valence electrons. The van der Waals surface area contributed by atoms with Crippen LogP contribution in [0.1, 0.15) is 11.3 Å². The van der Waals surface area contributed by atoms with Gasteiger partial charge in [0.25, 0.3) is 0 Å². The molecule has 0 aliphatic heterocycles. The lowest BCUT2D eigenvalue weighted by molar-refractivity contribution is 0.405. The van der Waals surface area contributed by atoms with E-state index < -0.39 is 0 Å². The van der Waals surface area contributed by atoms with Gasteiger partial charge in [0.2, 0.25) is 5.95 Å². The quantitative estimate of drug-likeness (QED) is 0.604. The fourth-order valence-corrected chi connectivity index (χ4v) is 2.78. The van der Waals surface area contributed by atoms with Crippen LogP contribution in [0.25, 0.3) is 0 Å². The van der Waals surface area contributed by atoms with Crippen molar-refractivity contribution < 1.29 is 9.47 Å². The lowest BCUT2D eigenvalue weighted by Crippen LogP contribution is -2.03. The Morgan fingerprint density at radius 2 is 1.56 bits per heavy atom. The van der Waals surface area contributed by atoms with Gasteiger partial charge in [-0.1, -0.05) is 29.3 Å². The van der Waals surface area contributed by atoms with Gasteiger partial charge in [0.1, 0.15) is 17.3 Å². The molecule has 0 bridgehead atoms.